The number of aliphatic hydroxyl groups excluding tert-OH is 1. The quantitative estimate of drug-likeness (QED) is 0.0608. The predicted molar refractivity (Wildman–Crippen MR) is 289 cm³/mol. The normalized spacial score (nSPS) is 13.8. The first-order chi connectivity index (χ1) is 33.0. The number of halogens is 3. The van der Waals surface area contributed by atoms with Crippen molar-refractivity contribution in [3.63, 3.8) is 0 Å². The molecule has 375 valence electrons. The summed E-state index contributed by atoms with van der Waals surface area (Å²) in [5, 5.41) is 15.7. The van der Waals surface area contributed by atoms with Gasteiger partial charge in [0.15, 0.2) is 5.78 Å². The van der Waals surface area contributed by atoms with Gasteiger partial charge in [0.25, 0.3) is 0 Å². The van der Waals surface area contributed by atoms with Crippen molar-refractivity contribution in [3.05, 3.63) is 131 Å². The van der Waals surface area contributed by atoms with E-state index >= 15 is 0 Å². The van der Waals surface area contributed by atoms with Crippen LogP contribution in [0.25, 0.3) is 44.1 Å². The number of fused-ring (bicyclic) bond motifs is 2. The fraction of sp³-hybridized carbons (Fsp3) is 0.441. The Morgan fingerprint density at radius 3 is 1.36 bits per heavy atom. The Balaban J connectivity index is 0.000000294. The third-order valence-electron chi connectivity index (χ3n) is 12.3. The molecule has 10 heteroatoms. The summed E-state index contributed by atoms with van der Waals surface area (Å²) in [6, 6.07) is 28.5. The van der Waals surface area contributed by atoms with Crippen molar-refractivity contribution in [3.8, 4) is 22.5 Å². The number of carbonyl (C=O) groups is 1. The van der Waals surface area contributed by atoms with Crippen LogP contribution < -0.4 is 10.4 Å². The molecule has 4 aromatic carbocycles. The van der Waals surface area contributed by atoms with E-state index in [-0.39, 0.29) is 73.5 Å². The van der Waals surface area contributed by atoms with Crippen LogP contribution in [0, 0.1) is 37.8 Å². The van der Waals surface area contributed by atoms with Gasteiger partial charge in [-0.1, -0.05) is 162 Å². The Labute approximate surface area is 434 Å². The molecular formula is C59H77F3IrN2O2Si2-2. The summed E-state index contributed by atoms with van der Waals surface area (Å²) in [6.45, 7) is 36.3. The molecule has 0 saturated carbocycles. The van der Waals surface area contributed by atoms with Crippen LogP contribution in [-0.2, 0) is 35.7 Å². The van der Waals surface area contributed by atoms with Crippen molar-refractivity contribution in [2.75, 3.05) is 0 Å². The standard InChI is InChI=1S/2C23H28NSi.C13H21F3O2.Ir/c2*1-16-12-18(14-19(13-16)23(2,3)4)22-21-9-8-20(25(5,6)7)15-17(21)10-11-24-22;1-4-9(5-2)11(17)7-12(18)10(6-3)8-13(14,15)16;/h2*8-11,13-15H,1-7H3;7,9-10,18H,4-6,8H2,1-3H3;/q2*-1;;/b;;12-7-;/i2*10D,11D;;. The first-order valence-corrected chi connectivity index (χ1v) is 30.9. The fourth-order valence-electron chi connectivity index (χ4n) is 7.82. The van der Waals surface area contributed by atoms with Crippen LogP contribution in [0.4, 0.5) is 13.2 Å². The van der Waals surface area contributed by atoms with E-state index in [1.807, 2.05) is 27.7 Å². The van der Waals surface area contributed by atoms with E-state index in [0.29, 0.717) is 12.8 Å². The second-order valence-corrected chi connectivity index (χ2v) is 32.4. The molecule has 0 aliphatic carbocycles. The van der Waals surface area contributed by atoms with Gasteiger partial charge in [-0.2, -0.15) is 13.2 Å². The summed E-state index contributed by atoms with van der Waals surface area (Å²) < 4.78 is 70.0. The number of alkyl halides is 3. The topological polar surface area (TPSA) is 63.1 Å². The number of aliphatic hydroxyl groups is 1. The number of pyridine rings is 2. The molecule has 1 N–H and O–H groups in total. The van der Waals surface area contributed by atoms with Crippen molar-refractivity contribution >= 4 is 53.8 Å². The first kappa shape index (κ1) is 52.6. The molecule has 69 heavy (non-hydrogen) atoms. The van der Waals surface area contributed by atoms with Crippen LogP contribution in [0.3, 0.4) is 0 Å². The number of carbonyl (C=O) groups excluding carboxylic acids is 1. The molecule has 0 aliphatic heterocycles. The number of aromatic nitrogens is 2. The number of aryl methyl sites for hydroxylation is 2. The number of allylic oxidation sites excluding steroid dienone is 2. The maximum absolute atomic E-state index is 12.3. The smallest absolute Gasteiger partial charge is 0.389 e. The number of ketones is 1. The summed E-state index contributed by atoms with van der Waals surface area (Å²) in [5.41, 5.74) is 7.93. The Morgan fingerprint density at radius 1 is 0.667 bits per heavy atom. The zero-order valence-corrected chi connectivity index (χ0v) is 48.4. The molecule has 0 spiro atoms. The zero-order valence-electron chi connectivity index (χ0n) is 48.1. The summed E-state index contributed by atoms with van der Waals surface area (Å²) in [5.74, 6) is -2.00. The Bertz CT molecular complexity index is 2780. The van der Waals surface area contributed by atoms with Crippen LogP contribution in [-0.4, -0.2) is 43.2 Å². The van der Waals surface area contributed by atoms with Crippen molar-refractivity contribution in [1.29, 1.82) is 0 Å². The number of benzene rings is 4. The maximum atomic E-state index is 12.3. The minimum absolute atomic E-state index is 0. The second-order valence-electron chi connectivity index (χ2n) is 22.3. The molecule has 0 amide bonds. The Hall–Kier alpha value is -4.22. The molecular weight excluding hydrogens is 1070 g/mol. The minimum Gasteiger partial charge on any atom is -0.512 e. The molecule has 2 aromatic heterocycles. The van der Waals surface area contributed by atoms with Gasteiger partial charge >= 0.3 is 6.18 Å². The summed E-state index contributed by atoms with van der Waals surface area (Å²) >= 11 is 0. The van der Waals surface area contributed by atoms with E-state index in [0.717, 1.165) is 61.3 Å². The molecule has 6 aromatic rings. The molecule has 2 heterocycles. The van der Waals surface area contributed by atoms with E-state index in [9.17, 15) is 23.1 Å². The number of hydrogen-bond donors (Lipinski definition) is 1. The van der Waals surface area contributed by atoms with Crippen molar-refractivity contribution in [2.45, 2.75) is 158 Å². The van der Waals surface area contributed by atoms with Gasteiger partial charge in [-0.25, -0.2) is 0 Å². The largest absolute Gasteiger partial charge is 0.512 e. The third kappa shape index (κ3) is 16.7. The second kappa shape index (κ2) is 23.8. The maximum Gasteiger partial charge on any atom is 0.389 e. The average Bonchev–Trinajstić information content (AvgIpc) is 3.26. The predicted octanol–water partition coefficient (Wildman–Crippen LogP) is 16.1. The molecule has 4 nitrogen and oxygen atoms in total. The fourth-order valence-corrected chi connectivity index (χ4v) is 10.1. The average molecular weight is 1160 g/mol. The summed E-state index contributed by atoms with van der Waals surface area (Å²) in [4.78, 5) is 20.7. The van der Waals surface area contributed by atoms with Gasteiger partial charge < -0.3 is 15.1 Å². The molecule has 1 unspecified atom stereocenters. The number of rotatable bonds is 11. The van der Waals surface area contributed by atoms with Gasteiger partial charge in [0, 0.05) is 50.4 Å². The van der Waals surface area contributed by atoms with Crippen LogP contribution in [0.1, 0.15) is 116 Å². The SMILES string of the molecule is CCC(CC)C(=O)/C=C(\O)C(CC)CC(F)(F)F.[2H]c1nc(-c2[c-]c(C)cc(C(C)(C)C)c2)c2ccc([Si](C)(C)C)cc2c1[2H].[2H]c1nc(-c2[c-]c(C)cc(C(C)(C)C)c2)c2ccc([Si](C)(C)C)cc2c1[2H].[Ir]. The van der Waals surface area contributed by atoms with Crippen LogP contribution in [0.2, 0.25) is 39.3 Å². The van der Waals surface area contributed by atoms with Gasteiger partial charge in [-0.15, -0.1) is 69.8 Å². The molecule has 1 radical (unpaired) electrons. The van der Waals surface area contributed by atoms with Gasteiger partial charge in [0.05, 0.1) is 33.8 Å². The first-order valence-electron chi connectivity index (χ1n) is 25.9. The van der Waals surface area contributed by atoms with E-state index in [4.69, 9.17) is 5.48 Å². The van der Waals surface area contributed by atoms with Crippen LogP contribution in [0.5, 0.6) is 0 Å². The van der Waals surface area contributed by atoms with E-state index in [1.165, 1.54) is 21.5 Å². The van der Waals surface area contributed by atoms with Crippen molar-refractivity contribution in [2.24, 2.45) is 11.8 Å². The van der Waals surface area contributed by atoms with Gasteiger partial charge in [0.2, 0.25) is 0 Å². The van der Waals surface area contributed by atoms with E-state index < -0.39 is 40.4 Å². The summed E-state index contributed by atoms with van der Waals surface area (Å²) in [6.07, 6.45) is -3.02. The van der Waals surface area contributed by atoms with Gasteiger partial charge in [-0.3, -0.25) is 4.79 Å². The van der Waals surface area contributed by atoms with Crippen LogP contribution >= 0.6 is 0 Å². The molecule has 6 rings (SSSR count). The van der Waals surface area contributed by atoms with E-state index in [1.54, 1.807) is 6.92 Å². The van der Waals surface area contributed by atoms with Gasteiger partial charge in [-0.05, 0) is 75.1 Å². The Morgan fingerprint density at radius 2 is 1.04 bits per heavy atom. The minimum atomic E-state index is -4.33. The molecule has 1 atom stereocenters. The Kier molecular flexibility index (Phi) is 18.1. The molecule has 0 fully saturated rings. The number of nitrogens with zero attached hydrogens (tertiary/aromatic N) is 2. The molecule has 0 saturated heterocycles. The van der Waals surface area contributed by atoms with Crippen molar-refractivity contribution < 1.29 is 48.7 Å². The molecule has 0 aliphatic rings. The number of hydrogen-bond acceptors (Lipinski definition) is 4. The van der Waals surface area contributed by atoms with Crippen LogP contribution in [0.15, 0.2) is 96.9 Å². The van der Waals surface area contributed by atoms with Gasteiger partial charge in [0.1, 0.15) is 0 Å². The summed E-state index contributed by atoms with van der Waals surface area (Å²) in [7, 11) is -3.01. The van der Waals surface area contributed by atoms with Crippen molar-refractivity contribution in [1.82, 2.24) is 9.97 Å². The monoisotopic (exact) mass is 1160 g/mol. The third-order valence-corrected chi connectivity index (χ3v) is 16.4. The van der Waals surface area contributed by atoms with E-state index in [2.05, 4.69) is 164 Å². The molecule has 0 bridgehead atoms. The zero-order chi connectivity index (χ0) is 54.6.